The summed E-state index contributed by atoms with van der Waals surface area (Å²) in [5, 5.41) is 17.8. The number of aromatic nitrogens is 2. The molecule has 0 spiro atoms. The number of nitriles is 1. The van der Waals surface area contributed by atoms with E-state index in [0.29, 0.717) is 11.3 Å². The Bertz CT molecular complexity index is 3480. The maximum Gasteiger partial charge on any atom is 0.192 e. The summed E-state index contributed by atoms with van der Waals surface area (Å²) in [6.07, 6.45) is 0. The fourth-order valence-corrected chi connectivity index (χ4v) is 9.63. The van der Waals surface area contributed by atoms with Crippen molar-refractivity contribution < 1.29 is 4.42 Å². The third-order valence-corrected chi connectivity index (χ3v) is 11.9. The minimum atomic E-state index is -0.266. The molecule has 0 N–H and O–H groups in total. The van der Waals surface area contributed by atoms with Crippen molar-refractivity contribution in [3.8, 4) is 28.6 Å². The minimum Gasteiger partial charge on any atom is -0.455 e. The van der Waals surface area contributed by atoms with Crippen molar-refractivity contribution in [1.82, 2.24) is 9.13 Å². The third kappa shape index (κ3) is 3.96. The quantitative estimate of drug-likeness (QED) is 0.171. The number of fused-ring (bicyclic) bond motifs is 13. The average molecular weight is 713 g/mol. The molecule has 0 radical (unpaired) electrons. The summed E-state index contributed by atoms with van der Waals surface area (Å²) in [6, 6.07) is 59.4. The zero-order valence-corrected chi connectivity index (χ0v) is 29.9. The third-order valence-electron chi connectivity index (χ3n) is 11.9. The maximum absolute atomic E-state index is 11.3. The summed E-state index contributed by atoms with van der Waals surface area (Å²) < 4.78 is 11.3. The van der Waals surface area contributed by atoms with Crippen molar-refractivity contribution in [2.24, 2.45) is 0 Å². The standard InChI is InChI=1S/C51H28N4O/c1-53-41-24-27-45(40(29-52)49(41)48-36-17-4-2-12-31(36)32-13-3-5-18-37(32)48)55-44-25-22-30(54-42-19-9-6-14-33(42)34-15-7-10-20-43(34)54)28-39(44)50-46(55)26-23-38-35-16-8-11-21-47(35)56-51(38)50/h2-28,48H. The lowest BCUT2D eigenvalue weighted by Crippen LogP contribution is -2.07. The Labute approximate surface area is 320 Å². The number of benzene rings is 8. The molecule has 3 aromatic heterocycles. The molecule has 0 fully saturated rings. The van der Waals surface area contributed by atoms with Crippen molar-refractivity contribution >= 4 is 71.2 Å². The maximum atomic E-state index is 11.3. The van der Waals surface area contributed by atoms with E-state index in [1.807, 2.05) is 42.5 Å². The van der Waals surface area contributed by atoms with E-state index >= 15 is 0 Å². The molecule has 1 aliphatic carbocycles. The number of hydrogen-bond donors (Lipinski definition) is 0. The number of hydrogen-bond acceptors (Lipinski definition) is 2. The summed E-state index contributed by atoms with van der Waals surface area (Å²) in [4.78, 5) is 4.04. The van der Waals surface area contributed by atoms with Gasteiger partial charge in [-0.15, -0.1) is 0 Å². The lowest BCUT2D eigenvalue weighted by Gasteiger charge is -2.21. The summed E-state index contributed by atoms with van der Waals surface area (Å²) in [5.74, 6) is -0.266. The van der Waals surface area contributed by atoms with Crippen LogP contribution < -0.4 is 0 Å². The van der Waals surface area contributed by atoms with Crippen LogP contribution in [0.25, 0.3) is 92.9 Å². The van der Waals surface area contributed by atoms with Crippen LogP contribution in [0.15, 0.2) is 168 Å². The van der Waals surface area contributed by atoms with Crippen LogP contribution in [0.4, 0.5) is 5.69 Å². The molecular weight excluding hydrogens is 685 g/mol. The summed E-state index contributed by atoms with van der Waals surface area (Å²) in [7, 11) is 0. The van der Waals surface area contributed by atoms with E-state index in [9.17, 15) is 5.26 Å². The first-order valence-corrected chi connectivity index (χ1v) is 18.7. The monoisotopic (exact) mass is 712 g/mol. The molecule has 0 saturated carbocycles. The number of para-hydroxylation sites is 3. The molecular formula is C51H28N4O. The summed E-state index contributed by atoms with van der Waals surface area (Å²) in [6.45, 7) is 8.34. The Balaban J connectivity index is 1.20. The van der Waals surface area contributed by atoms with Crippen LogP contribution in [0.2, 0.25) is 0 Å². The first-order chi connectivity index (χ1) is 27.7. The van der Waals surface area contributed by atoms with E-state index in [1.165, 1.54) is 10.8 Å². The van der Waals surface area contributed by atoms with Crippen LogP contribution >= 0.6 is 0 Å². The highest BCUT2D eigenvalue weighted by Crippen LogP contribution is 2.52. The molecule has 5 nitrogen and oxygen atoms in total. The van der Waals surface area contributed by atoms with Crippen molar-refractivity contribution in [2.75, 3.05) is 0 Å². The lowest BCUT2D eigenvalue weighted by atomic mass is 9.84. The molecule has 0 bridgehead atoms. The molecule has 0 amide bonds. The topological polar surface area (TPSA) is 51.1 Å². The van der Waals surface area contributed by atoms with Crippen LogP contribution in [0, 0.1) is 17.9 Å². The number of rotatable bonds is 3. The van der Waals surface area contributed by atoms with Gasteiger partial charge in [0.15, 0.2) is 5.69 Å². The first kappa shape index (κ1) is 30.6. The average Bonchev–Trinajstić information content (AvgIpc) is 3.99. The predicted octanol–water partition coefficient (Wildman–Crippen LogP) is 13.4. The van der Waals surface area contributed by atoms with Gasteiger partial charge in [-0.05, 0) is 82.4 Å². The van der Waals surface area contributed by atoms with Crippen LogP contribution in [-0.4, -0.2) is 9.13 Å². The molecule has 12 rings (SSSR count). The highest BCUT2D eigenvalue weighted by Gasteiger charge is 2.34. The van der Waals surface area contributed by atoms with Gasteiger partial charge in [0.1, 0.15) is 17.2 Å². The molecule has 0 atom stereocenters. The van der Waals surface area contributed by atoms with Gasteiger partial charge in [-0.25, -0.2) is 4.85 Å². The first-order valence-electron chi connectivity index (χ1n) is 18.7. The number of nitrogens with zero attached hydrogens (tertiary/aromatic N) is 4. The van der Waals surface area contributed by atoms with E-state index in [4.69, 9.17) is 11.0 Å². The van der Waals surface area contributed by atoms with Crippen LogP contribution in [0.1, 0.15) is 28.2 Å². The molecule has 3 heterocycles. The second-order valence-corrected chi connectivity index (χ2v) is 14.6. The van der Waals surface area contributed by atoms with Gasteiger partial charge in [-0.3, -0.25) is 0 Å². The van der Waals surface area contributed by atoms with Gasteiger partial charge in [0, 0.05) is 38.5 Å². The Kier molecular flexibility index (Phi) is 6.18. The zero-order chi connectivity index (χ0) is 37.1. The van der Waals surface area contributed by atoms with Gasteiger partial charge in [-0.1, -0.05) is 109 Å². The van der Waals surface area contributed by atoms with Gasteiger partial charge < -0.3 is 13.6 Å². The van der Waals surface area contributed by atoms with E-state index < -0.39 is 0 Å². The molecule has 258 valence electrons. The van der Waals surface area contributed by atoms with Crippen LogP contribution in [0.3, 0.4) is 0 Å². The Morgan fingerprint density at radius 3 is 1.86 bits per heavy atom. The van der Waals surface area contributed by atoms with Crippen molar-refractivity contribution in [3.63, 3.8) is 0 Å². The van der Waals surface area contributed by atoms with Crippen molar-refractivity contribution in [3.05, 3.63) is 197 Å². The molecule has 56 heavy (non-hydrogen) atoms. The van der Waals surface area contributed by atoms with Gasteiger partial charge in [0.05, 0.1) is 45.3 Å². The Morgan fingerprint density at radius 1 is 0.554 bits per heavy atom. The highest BCUT2D eigenvalue weighted by molar-refractivity contribution is 6.24. The second kappa shape index (κ2) is 11.3. The molecule has 1 aliphatic rings. The van der Waals surface area contributed by atoms with Crippen LogP contribution in [-0.2, 0) is 0 Å². The van der Waals surface area contributed by atoms with E-state index in [0.717, 1.165) is 94.0 Å². The fourth-order valence-electron chi connectivity index (χ4n) is 9.63. The normalized spacial score (nSPS) is 12.5. The molecule has 5 heteroatoms. The second-order valence-electron chi connectivity index (χ2n) is 14.6. The van der Waals surface area contributed by atoms with E-state index in [2.05, 4.69) is 141 Å². The zero-order valence-electron chi connectivity index (χ0n) is 29.9. The SMILES string of the molecule is [C-]#[N+]c1ccc(-n2c3ccc(-n4c5ccccc5c5ccccc54)cc3c3c4oc5ccccc5c4ccc32)c(C#N)c1C1c2ccccc2-c2ccccc21. The largest absolute Gasteiger partial charge is 0.455 e. The summed E-state index contributed by atoms with van der Waals surface area (Å²) >= 11 is 0. The van der Waals surface area contributed by atoms with E-state index in [-0.39, 0.29) is 5.92 Å². The fraction of sp³-hybridized carbons (Fsp3) is 0.0196. The minimum absolute atomic E-state index is 0.266. The van der Waals surface area contributed by atoms with Crippen molar-refractivity contribution in [2.45, 2.75) is 5.92 Å². The molecule has 0 unspecified atom stereocenters. The van der Waals surface area contributed by atoms with Crippen LogP contribution in [0.5, 0.6) is 0 Å². The predicted molar refractivity (Wildman–Crippen MR) is 226 cm³/mol. The number of furan rings is 1. The molecule has 11 aromatic rings. The van der Waals surface area contributed by atoms with Crippen molar-refractivity contribution in [1.29, 1.82) is 5.26 Å². The molecule has 0 aliphatic heterocycles. The van der Waals surface area contributed by atoms with Gasteiger partial charge in [0.25, 0.3) is 0 Å². The van der Waals surface area contributed by atoms with E-state index in [1.54, 1.807) is 0 Å². The van der Waals surface area contributed by atoms with Gasteiger partial charge >= 0.3 is 0 Å². The highest BCUT2D eigenvalue weighted by atomic mass is 16.3. The van der Waals surface area contributed by atoms with Gasteiger partial charge in [-0.2, -0.15) is 5.26 Å². The van der Waals surface area contributed by atoms with Gasteiger partial charge in [0.2, 0.25) is 0 Å². The molecule has 8 aromatic carbocycles. The molecule has 0 saturated heterocycles. The Morgan fingerprint density at radius 2 is 1.16 bits per heavy atom. The summed E-state index contributed by atoms with van der Waals surface area (Å²) in [5.41, 5.74) is 13.7. The smallest absolute Gasteiger partial charge is 0.192 e. The Hall–Kier alpha value is -7.86. The lowest BCUT2D eigenvalue weighted by molar-refractivity contribution is 0.673.